The third-order valence-corrected chi connectivity index (χ3v) is 4.66. The van der Waals surface area contributed by atoms with E-state index in [0.717, 1.165) is 18.0 Å². The van der Waals surface area contributed by atoms with Crippen molar-refractivity contribution in [1.82, 2.24) is 4.90 Å². The summed E-state index contributed by atoms with van der Waals surface area (Å²) in [6, 6.07) is 5.84. The van der Waals surface area contributed by atoms with Crippen LogP contribution in [0, 0.1) is 5.92 Å². The molecular formula is C15H22Cl2N2. The fourth-order valence-electron chi connectivity index (χ4n) is 3.04. The molecule has 106 valence electrons. The second-order valence-electron chi connectivity index (χ2n) is 5.51. The number of likely N-dealkylation sites (N-methyl/N-ethyl adjacent to an activating group) is 1. The summed E-state index contributed by atoms with van der Waals surface area (Å²) in [5, 5.41) is 1.38. The molecule has 1 unspecified atom stereocenters. The van der Waals surface area contributed by atoms with Gasteiger partial charge in [0, 0.05) is 29.2 Å². The highest BCUT2D eigenvalue weighted by molar-refractivity contribution is 6.35. The van der Waals surface area contributed by atoms with Gasteiger partial charge in [0.2, 0.25) is 0 Å². The van der Waals surface area contributed by atoms with Crippen LogP contribution < -0.4 is 5.73 Å². The monoisotopic (exact) mass is 300 g/mol. The Morgan fingerprint density at radius 3 is 2.58 bits per heavy atom. The Kier molecular flexibility index (Phi) is 5.52. The molecule has 0 saturated heterocycles. The highest BCUT2D eigenvalue weighted by Gasteiger charge is 2.23. The molecule has 1 saturated carbocycles. The highest BCUT2D eigenvalue weighted by Crippen LogP contribution is 2.31. The molecule has 0 spiro atoms. The summed E-state index contributed by atoms with van der Waals surface area (Å²) in [6.07, 6.45) is 5.42. The number of hydrogen-bond acceptors (Lipinski definition) is 2. The first-order valence-electron chi connectivity index (χ1n) is 6.97. The van der Waals surface area contributed by atoms with Crippen LogP contribution in [0.15, 0.2) is 18.2 Å². The van der Waals surface area contributed by atoms with E-state index in [9.17, 15) is 0 Å². The van der Waals surface area contributed by atoms with E-state index in [4.69, 9.17) is 28.9 Å². The molecule has 4 heteroatoms. The van der Waals surface area contributed by atoms with Crippen LogP contribution in [0.3, 0.4) is 0 Å². The average molecular weight is 301 g/mol. The lowest BCUT2D eigenvalue weighted by molar-refractivity contribution is 0.212. The van der Waals surface area contributed by atoms with Crippen LogP contribution in [-0.4, -0.2) is 25.0 Å². The van der Waals surface area contributed by atoms with Gasteiger partial charge in [-0.15, -0.1) is 0 Å². The molecule has 0 radical (unpaired) electrons. The molecule has 0 aromatic heterocycles. The maximum atomic E-state index is 6.30. The summed E-state index contributed by atoms with van der Waals surface area (Å²) in [6.45, 7) is 1.67. The molecule has 1 aliphatic carbocycles. The van der Waals surface area contributed by atoms with Gasteiger partial charge in [-0.25, -0.2) is 0 Å². The first-order valence-corrected chi connectivity index (χ1v) is 7.72. The van der Waals surface area contributed by atoms with E-state index in [1.165, 1.54) is 25.7 Å². The van der Waals surface area contributed by atoms with E-state index in [2.05, 4.69) is 11.9 Å². The van der Waals surface area contributed by atoms with E-state index >= 15 is 0 Å². The molecule has 19 heavy (non-hydrogen) atoms. The maximum Gasteiger partial charge on any atom is 0.0482 e. The lowest BCUT2D eigenvalue weighted by atomic mass is 10.0. The van der Waals surface area contributed by atoms with E-state index < -0.39 is 0 Å². The molecule has 1 atom stereocenters. The van der Waals surface area contributed by atoms with Crippen LogP contribution in [0.5, 0.6) is 0 Å². The van der Waals surface area contributed by atoms with Gasteiger partial charge in [0.25, 0.3) is 0 Å². The Morgan fingerprint density at radius 1 is 1.32 bits per heavy atom. The van der Waals surface area contributed by atoms with E-state index in [1.54, 1.807) is 6.07 Å². The number of halogens is 2. The lowest BCUT2D eigenvalue weighted by Crippen LogP contribution is -2.34. The maximum absolute atomic E-state index is 6.30. The summed E-state index contributed by atoms with van der Waals surface area (Å²) in [7, 11) is 2.14. The fraction of sp³-hybridized carbons (Fsp3) is 0.600. The summed E-state index contributed by atoms with van der Waals surface area (Å²) < 4.78 is 0. The van der Waals surface area contributed by atoms with Crippen molar-refractivity contribution in [3.05, 3.63) is 33.8 Å². The minimum Gasteiger partial charge on any atom is -0.329 e. The number of rotatable bonds is 5. The molecule has 1 aromatic rings. The van der Waals surface area contributed by atoms with Gasteiger partial charge in [-0.3, -0.25) is 4.90 Å². The molecule has 0 heterocycles. The molecule has 2 nitrogen and oxygen atoms in total. The predicted octanol–water partition coefficient (Wildman–Crippen LogP) is 4.12. The molecular weight excluding hydrogens is 279 g/mol. The molecule has 1 fully saturated rings. The molecule has 2 rings (SSSR count). The first-order chi connectivity index (χ1) is 9.11. The van der Waals surface area contributed by atoms with Gasteiger partial charge in [-0.05, 0) is 43.5 Å². The van der Waals surface area contributed by atoms with Crippen molar-refractivity contribution >= 4 is 23.2 Å². The van der Waals surface area contributed by atoms with Gasteiger partial charge >= 0.3 is 0 Å². The smallest absolute Gasteiger partial charge is 0.0482 e. The largest absolute Gasteiger partial charge is 0.329 e. The Bertz CT molecular complexity index is 417. The van der Waals surface area contributed by atoms with Crippen molar-refractivity contribution < 1.29 is 0 Å². The predicted molar refractivity (Wildman–Crippen MR) is 82.8 cm³/mol. The van der Waals surface area contributed by atoms with Gasteiger partial charge in [0.15, 0.2) is 0 Å². The summed E-state index contributed by atoms with van der Waals surface area (Å²) in [5.41, 5.74) is 7.03. The first kappa shape index (κ1) is 15.1. The SMILES string of the molecule is CN(CC1CCCC1)C(CN)c1ccc(Cl)cc1Cl. The molecule has 0 amide bonds. The normalized spacial score (nSPS) is 18.2. The van der Waals surface area contributed by atoms with Crippen molar-refractivity contribution in [3.63, 3.8) is 0 Å². The van der Waals surface area contributed by atoms with Crippen molar-refractivity contribution in [2.24, 2.45) is 11.7 Å². The van der Waals surface area contributed by atoms with Crippen LogP contribution in [0.2, 0.25) is 10.0 Å². The number of nitrogens with zero attached hydrogens (tertiary/aromatic N) is 1. The van der Waals surface area contributed by atoms with Crippen LogP contribution in [0.1, 0.15) is 37.3 Å². The summed E-state index contributed by atoms with van der Waals surface area (Å²) in [4.78, 5) is 2.34. The summed E-state index contributed by atoms with van der Waals surface area (Å²) >= 11 is 12.2. The van der Waals surface area contributed by atoms with Crippen molar-refractivity contribution in [2.45, 2.75) is 31.7 Å². The van der Waals surface area contributed by atoms with E-state index in [0.29, 0.717) is 16.6 Å². The molecule has 0 aliphatic heterocycles. The lowest BCUT2D eigenvalue weighted by Gasteiger charge is -2.30. The Morgan fingerprint density at radius 2 is 2.00 bits per heavy atom. The number of hydrogen-bond donors (Lipinski definition) is 1. The fourth-order valence-corrected chi connectivity index (χ4v) is 3.58. The molecule has 1 aromatic carbocycles. The third kappa shape index (κ3) is 3.85. The minimum absolute atomic E-state index is 0.172. The van der Waals surface area contributed by atoms with E-state index in [1.807, 2.05) is 12.1 Å². The van der Waals surface area contributed by atoms with Gasteiger partial charge < -0.3 is 5.73 Å². The standard InChI is InChI=1S/C15H22Cl2N2/c1-19(10-11-4-2-3-5-11)15(9-18)13-7-6-12(16)8-14(13)17/h6-8,11,15H,2-5,9-10,18H2,1H3. The zero-order valence-electron chi connectivity index (χ0n) is 11.4. The quantitative estimate of drug-likeness (QED) is 0.886. The molecule has 0 bridgehead atoms. The van der Waals surface area contributed by atoms with Crippen LogP contribution in [-0.2, 0) is 0 Å². The van der Waals surface area contributed by atoms with Crippen LogP contribution in [0.4, 0.5) is 0 Å². The third-order valence-electron chi connectivity index (χ3n) is 4.10. The van der Waals surface area contributed by atoms with Gasteiger partial charge in [0.05, 0.1) is 0 Å². The zero-order chi connectivity index (χ0) is 13.8. The Balaban J connectivity index is 2.09. The van der Waals surface area contributed by atoms with Gasteiger partial charge in [0.1, 0.15) is 0 Å². The van der Waals surface area contributed by atoms with Crippen LogP contribution >= 0.6 is 23.2 Å². The number of nitrogens with two attached hydrogens (primary N) is 1. The van der Waals surface area contributed by atoms with E-state index in [-0.39, 0.29) is 6.04 Å². The second-order valence-corrected chi connectivity index (χ2v) is 6.35. The molecule has 1 aliphatic rings. The number of benzene rings is 1. The van der Waals surface area contributed by atoms with Crippen molar-refractivity contribution in [3.8, 4) is 0 Å². The van der Waals surface area contributed by atoms with Gasteiger partial charge in [-0.2, -0.15) is 0 Å². The average Bonchev–Trinajstić information content (AvgIpc) is 2.85. The Labute approximate surface area is 125 Å². The highest BCUT2D eigenvalue weighted by atomic mass is 35.5. The van der Waals surface area contributed by atoms with Crippen LogP contribution in [0.25, 0.3) is 0 Å². The Hall–Kier alpha value is -0.280. The van der Waals surface area contributed by atoms with Gasteiger partial charge in [-0.1, -0.05) is 42.1 Å². The minimum atomic E-state index is 0.172. The second kappa shape index (κ2) is 6.94. The van der Waals surface area contributed by atoms with Crippen molar-refractivity contribution in [2.75, 3.05) is 20.1 Å². The zero-order valence-corrected chi connectivity index (χ0v) is 12.9. The topological polar surface area (TPSA) is 29.3 Å². The molecule has 2 N–H and O–H groups in total. The van der Waals surface area contributed by atoms with Crippen molar-refractivity contribution in [1.29, 1.82) is 0 Å². The summed E-state index contributed by atoms with van der Waals surface area (Å²) in [5.74, 6) is 0.810.